The van der Waals surface area contributed by atoms with E-state index in [9.17, 15) is 8.42 Å². The van der Waals surface area contributed by atoms with E-state index in [2.05, 4.69) is 20.3 Å². The lowest BCUT2D eigenvalue weighted by atomic mass is 10.2. The van der Waals surface area contributed by atoms with Gasteiger partial charge >= 0.3 is 0 Å². The summed E-state index contributed by atoms with van der Waals surface area (Å²) >= 11 is 6.79. The highest BCUT2D eigenvalue weighted by Crippen LogP contribution is 2.25. The molecule has 138 valence electrons. The topological polar surface area (TPSA) is 82.6 Å². The van der Waals surface area contributed by atoms with Crippen molar-refractivity contribution in [2.45, 2.75) is 10.8 Å². The lowest BCUT2D eigenvalue weighted by Crippen LogP contribution is -2.41. The molecule has 0 amide bonds. The van der Waals surface area contributed by atoms with Crippen LogP contribution in [0.2, 0.25) is 4.34 Å². The van der Waals surface area contributed by atoms with Crippen LogP contribution in [0.3, 0.4) is 0 Å². The molecular weight excluding hydrogens is 495 g/mol. The molecule has 6 nitrogen and oxygen atoms in total. The molecule has 0 saturated heterocycles. The zero-order chi connectivity index (χ0) is 17.4. The van der Waals surface area contributed by atoms with Crippen molar-refractivity contribution in [2.75, 3.05) is 20.1 Å². The third-order valence-corrected chi connectivity index (χ3v) is 6.23. The monoisotopic (exact) mass is 514 g/mol. The number of hydrogen-bond acceptors (Lipinski definition) is 4. The minimum atomic E-state index is -3.52. The molecule has 1 heterocycles. The fourth-order valence-electron chi connectivity index (χ4n) is 1.88. The van der Waals surface area contributed by atoms with E-state index in [1.54, 1.807) is 13.1 Å². The minimum Gasteiger partial charge on any atom is -0.355 e. The van der Waals surface area contributed by atoms with E-state index in [0.29, 0.717) is 23.4 Å². The third kappa shape index (κ3) is 7.48. The highest BCUT2D eigenvalue weighted by Gasteiger charge is 2.15. The molecule has 0 aliphatic rings. The lowest BCUT2D eigenvalue weighted by molar-refractivity contribution is 0.582. The minimum absolute atomic E-state index is 0. The summed E-state index contributed by atoms with van der Waals surface area (Å²) in [6.45, 7) is 1.29. The lowest BCUT2D eigenvalue weighted by Gasteiger charge is -2.12. The number of nitrogens with one attached hydrogen (secondary N) is 3. The number of hydrogen-bond donors (Lipinski definition) is 3. The summed E-state index contributed by atoms with van der Waals surface area (Å²) in [7, 11) is -1.85. The maximum Gasteiger partial charge on any atom is 0.250 e. The highest BCUT2D eigenvalue weighted by molar-refractivity contribution is 14.0. The summed E-state index contributed by atoms with van der Waals surface area (Å²) < 4.78 is 27.2. The molecule has 1 aromatic carbocycles. The molecule has 0 fully saturated rings. The largest absolute Gasteiger partial charge is 0.355 e. The number of sulfonamides is 1. The van der Waals surface area contributed by atoms with Gasteiger partial charge in [-0.15, -0.1) is 35.3 Å². The first-order valence-corrected chi connectivity index (χ1v) is 9.92. The van der Waals surface area contributed by atoms with Crippen molar-refractivity contribution in [2.24, 2.45) is 4.99 Å². The van der Waals surface area contributed by atoms with Gasteiger partial charge in [0, 0.05) is 26.7 Å². The van der Waals surface area contributed by atoms with Crippen LogP contribution in [0.25, 0.3) is 0 Å². The Morgan fingerprint density at radius 3 is 2.44 bits per heavy atom. The van der Waals surface area contributed by atoms with Crippen LogP contribution in [0, 0.1) is 0 Å². The van der Waals surface area contributed by atoms with Crippen molar-refractivity contribution >= 4 is 62.9 Å². The van der Waals surface area contributed by atoms with Crippen LogP contribution >= 0.6 is 46.9 Å². The number of thiophene rings is 1. The first kappa shape index (κ1) is 22.2. The molecule has 25 heavy (non-hydrogen) atoms. The Morgan fingerprint density at radius 1 is 1.12 bits per heavy atom. The van der Waals surface area contributed by atoms with Crippen molar-refractivity contribution in [1.82, 2.24) is 15.4 Å². The fraction of sp³-hybridized carbons (Fsp3) is 0.267. The van der Waals surface area contributed by atoms with Gasteiger partial charge in [0.1, 0.15) is 4.21 Å². The maximum absolute atomic E-state index is 12.0. The van der Waals surface area contributed by atoms with E-state index < -0.39 is 10.0 Å². The van der Waals surface area contributed by atoms with Crippen LogP contribution in [-0.4, -0.2) is 34.5 Å². The summed E-state index contributed by atoms with van der Waals surface area (Å²) in [5.41, 5.74) is 1.13. The number of benzene rings is 1. The molecule has 1 aromatic heterocycles. The van der Waals surface area contributed by atoms with Crippen LogP contribution in [0.4, 0.5) is 0 Å². The maximum atomic E-state index is 12.0. The third-order valence-electron chi connectivity index (χ3n) is 3.05. The number of aliphatic imine (C=N–C) groups is 1. The number of nitrogens with zero attached hydrogens (tertiary/aromatic N) is 1. The Labute approximate surface area is 174 Å². The van der Waals surface area contributed by atoms with Gasteiger partial charge in [-0.2, -0.15) is 0 Å². The zero-order valence-electron chi connectivity index (χ0n) is 13.5. The molecular formula is C15H20ClIN4O2S2. The van der Waals surface area contributed by atoms with Gasteiger partial charge in [-0.05, 0) is 17.7 Å². The molecule has 0 saturated carbocycles. The molecule has 0 atom stereocenters. The van der Waals surface area contributed by atoms with Crippen LogP contribution in [-0.2, 0) is 16.6 Å². The standard InChI is InChI=1S/C15H19ClN4O2S2.HI/c1-17-15(19-11-12-5-3-2-4-6-12)18-9-10-20-24(21,22)14-8-7-13(16)23-14;/h2-8,20H,9-11H2,1H3,(H2,17,18,19);1H. The predicted molar refractivity (Wildman–Crippen MR) is 115 cm³/mol. The SMILES string of the molecule is CN=C(NCCNS(=O)(=O)c1ccc(Cl)s1)NCc1ccccc1.I. The van der Waals surface area contributed by atoms with Crippen molar-refractivity contribution in [3.63, 3.8) is 0 Å². The van der Waals surface area contributed by atoms with E-state index in [4.69, 9.17) is 11.6 Å². The average molecular weight is 515 g/mol. The van der Waals surface area contributed by atoms with Crippen molar-refractivity contribution in [1.29, 1.82) is 0 Å². The van der Waals surface area contributed by atoms with Crippen molar-refractivity contribution in [3.8, 4) is 0 Å². The van der Waals surface area contributed by atoms with Crippen molar-refractivity contribution < 1.29 is 8.42 Å². The molecule has 2 rings (SSSR count). The Balaban J connectivity index is 0.00000312. The summed E-state index contributed by atoms with van der Waals surface area (Å²) in [4.78, 5) is 4.10. The second-order valence-corrected chi connectivity index (χ2v) is 8.50. The van der Waals surface area contributed by atoms with Crippen LogP contribution in [0.15, 0.2) is 51.7 Å². The zero-order valence-corrected chi connectivity index (χ0v) is 18.2. The first-order chi connectivity index (χ1) is 11.5. The first-order valence-electron chi connectivity index (χ1n) is 7.25. The molecule has 2 aromatic rings. The quantitative estimate of drug-likeness (QED) is 0.230. The van der Waals surface area contributed by atoms with Crippen molar-refractivity contribution in [3.05, 3.63) is 52.4 Å². The molecule has 0 aliphatic carbocycles. The number of guanidine groups is 1. The van der Waals surface area contributed by atoms with Gasteiger partial charge in [0.15, 0.2) is 5.96 Å². The summed E-state index contributed by atoms with van der Waals surface area (Å²) in [5, 5.41) is 6.22. The Kier molecular flexibility index (Phi) is 9.72. The van der Waals surface area contributed by atoms with Gasteiger partial charge in [0.25, 0.3) is 0 Å². The van der Waals surface area contributed by atoms with E-state index in [-0.39, 0.29) is 34.7 Å². The molecule has 0 radical (unpaired) electrons. The molecule has 10 heteroatoms. The second-order valence-electron chi connectivity index (χ2n) is 4.79. The van der Waals surface area contributed by atoms with Gasteiger partial charge in [0.05, 0.1) is 4.34 Å². The summed E-state index contributed by atoms with van der Waals surface area (Å²) in [6, 6.07) is 13.0. The predicted octanol–water partition coefficient (Wildman–Crippen LogP) is 2.66. The Morgan fingerprint density at radius 2 is 1.84 bits per heavy atom. The smallest absolute Gasteiger partial charge is 0.250 e. The van der Waals surface area contributed by atoms with Gasteiger partial charge in [-0.25, -0.2) is 13.1 Å². The van der Waals surface area contributed by atoms with E-state index in [0.717, 1.165) is 16.9 Å². The average Bonchev–Trinajstić information content (AvgIpc) is 3.02. The normalized spacial score (nSPS) is 11.7. The molecule has 0 unspecified atom stereocenters. The highest BCUT2D eigenvalue weighted by atomic mass is 127. The number of halogens is 2. The molecule has 3 N–H and O–H groups in total. The number of rotatable bonds is 7. The van der Waals surface area contributed by atoms with E-state index >= 15 is 0 Å². The molecule has 0 spiro atoms. The van der Waals surface area contributed by atoms with Crippen LogP contribution < -0.4 is 15.4 Å². The van der Waals surface area contributed by atoms with Gasteiger partial charge in [-0.1, -0.05) is 41.9 Å². The van der Waals surface area contributed by atoms with Crippen LogP contribution in [0.5, 0.6) is 0 Å². The fourth-order valence-corrected chi connectivity index (χ4v) is 4.44. The van der Waals surface area contributed by atoms with E-state index in [1.807, 2.05) is 30.3 Å². The molecule has 0 aliphatic heterocycles. The van der Waals surface area contributed by atoms with Gasteiger partial charge in [-0.3, -0.25) is 4.99 Å². The Hall–Kier alpha value is -0.880. The van der Waals surface area contributed by atoms with Gasteiger partial charge in [0.2, 0.25) is 10.0 Å². The van der Waals surface area contributed by atoms with Crippen LogP contribution in [0.1, 0.15) is 5.56 Å². The summed E-state index contributed by atoms with van der Waals surface area (Å²) in [5.74, 6) is 0.609. The Bertz CT molecular complexity index is 782. The second kappa shape index (κ2) is 11.0. The molecule has 0 bridgehead atoms. The summed E-state index contributed by atoms with van der Waals surface area (Å²) in [6.07, 6.45) is 0. The van der Waals surface area contributed by atoms with Gasteiger partial charge < -0.3 is 10.6 Å². The van der Waals surface area contributed by atoms with E-state index in [1.165, 1.54) is 6.07 Å².